The number of fused-ring (bicyclic) bond motifs is 1. The predicted octanol–water partition coefficient (Wildman–Crippen LogP) is 2.44. The number of nitrogen functional groups attached to an aromatic ring is 1. The molecule has 0 saturated carbocycles. The van der Waals surface area contributed by atoms with E-state index in [2.05, 4.69) is 24.1 Å². The molecule has 1 aromatic carbocycles. The smallest absolute Gasteiger partial charge is 0.0981 e. The summed E-state index contributed by atoms with van der Waals surface area (Å²) in [7, 11) is 4.11. The van der Waals surface area contributed by atoms with Gasteiger partial charge in [0, 0.05) is 34.9 Å². The number of benzene rings is 1. The molecule has 104 valence electrons. The van der Waals surface area contributed by atoms with Crippen LogP contribution in [0.4, 0.5) is 5.69 Å². The molecular weight excluding hydrogens is 252 g/mol. The monoisotopic (exact) mass is 270 g/mol. The molecule has 0 aliphatic carbocycles. The zero-order chi connectivity index (χ0) is 14.1. The molecule has 0 aliphatic rings. The van der Waals surface area contributed by atoms with Gasteiger partial charge in [-0.2, -0.15) is 5.10 Å². The number of nitrogens with zero attached hydrogens (tertiary/aromatic N) is 3. The molecular formula is C15H18N4O. The van der Waals surface area contributed by atoms with E-state index in [1.54, 1.807) is 12.5 Å². The van der Waals surface area contributed by atoms with Crippen molar-refractivity contribution in [3.8, 4) is 11.1 Å². The summed E-state index contributed by atoms with van der Waals surface area (Å²) >= 11 is 0. The van der Waals surface area contributed by atoms with Crippen molar-refractivity contribution in [3.05, 3.63) is 36.9 Å². The van der Waals surface area contributed by atoms with Crippen molar-refractivity contribution in [3.63, 3.8) is 0 Å². The summed E-state index contributed by atoms with van der Waals surface area (Å²) in [5, 5.41) is 5.66. The maximum atomic E-state index is 6.12. The van der Waals surface area contributed by atoms with E-state index >= 15 is 0 Å². The standard InChI is InChI=1S/C15H18N4O/c1-18(2)4-5-19-9-12-7-14(16)13(8-15(12)17-19)11-3-6-20-10-11/h3,6-10H,4-5,16H2,1-2H3. The van der Waals surface area contributed by atoms with Gasteiger partial charge in [-0.1, -0.05) is 0 Å². The Balaban J connectivity index is 1.98. The van der Waals surface area contributed by atoms with E-state index in [1.165, 1.54) is 0 Å². The zero-order valence-electron chi connectivity index (χ0n) is 11.7. The van der Waals surface area contributed by atoms with E-state index in [1.807, 2.05) is 29.1 Å². The highest BCUT2D eigenvalue weighted by molar-refractivity contribution is 5.91. The van der Waals surface area contributed by atoms with E-state index < -0.39 is 0 Å². The number of hydrogen-bond acceptors (Lipinski definition) is 4. The predicted molar refractivity (Wildman–Crippen MR) is 80.4 cm³/mol. The van der Waals surface area contributed by atoms with Crippen LogP contribution in [0.25, 0.3) is 22.0 Å². The van der Waals surface area contributed by atoms with Gasteiger partial charge in [0.2, 0.25) is 0 Å². The van der Waals surface area contributed by atoms with Crippen molar-refractivity contribution in [1.29, 1.82) is 0 Å². The third kappa shape index (κ3) is 2.40. The van der Waals surface area contributed by atoms with Crippen LogP contribution < -0.4 is 5.73 Å². The fourth-order valence-corrected chi connectivity index (χ4v) is 2.23. The summed E-state index contributed by atoms with van der Waals surface area (Å²) in [6.07, 6.45) is 5.38. The molecule has 0 unspecified atom stereocenters. The maximum absolute atomic E-state index is 6.12. The van der Waals surface area contributed by atoms with Gasteiger partial charge in [-0.3, -0.25) is 4.68 Å². The lowest BCUT2D eigenvalue weighted by Crippen LogP contribution is -2.18. The van der Waals surface area contributed by atoms with E-state index in [4.69, 9.17) is 10.2 Å². The van der Waals surface area contributed by atoms with Crippen LogP contribution in [-0.2, 0) is 6.54 Å². The average molecular weight is 270 g/mol. The highest BCUT2D eigenvalue weighted by Gasteiger charge is 2.09. The van der Waals surface area contributed by atoms with Crippen LogP contribution in [0.2, 0.25) is 0 Å². The number of nitrogens with two attached hydrogens (primary N) is 1. The van der Waals surface area contributed by atoms with Gasteiger partial charge < -0.3 is 15.1 Å². The van der Waals surface area contributed by atoms with Crippen molar-refractivity contribution in [2.75, 3.05) is 26.4 Å². The van der Waals surface area contributed by atoms with Crippen molar-refractivity contribution < 1.29 is 4.42 Å². The van der Waals surface area contributed by atoms with Crippen molar-refractivity contribution in [2.24, 2.45) is 0 Å². The number of aromatic nitrogens is 2. The highest BCUT2D eigenvalue weighted by Crippen LogP contribution is 2.30. The first-order valence-electron chi connectivity index (χ1n) is 6.57. The summed E-state index contributed by atoms with van der Waals surface area (Å²) in [6, 6.07) is 5.89. The fraction of sp³-hybridized carbons (Fsp3) is 0.267. The molecule has 2 heterocycles. The lowest BCUT2D eigenvalue weighted by Gasteiger charge is -2.08. The first-order valence-corrected chi connectivity index (χ1v) is 6.57. The molecule has 20 heavy (non-hydrogen) atoms. The van der Waals surface area contributed by atoms with E-state index in [9.17, 15) is 0 Å². The molecule has 0 saturated heterocycles. The van der Waals surface area contributed by atoms with E-state index in [0.29, 0.717) is 0 Å². The second kappa shape index (κ2) is 5.02. The number of furan rings is 1. The van der Waals surface area contributed by atoms with Crippen molar-refractivity contribution >= 4 is 16.6 Å². The molecule has 3 rings (SSSR count). The average Bonchev–Trinajstić information content (AvgIpc) is 3.03. The number of likely N-dealkylation sites (N-methyl/N-ethyl adjacent to an activating group) is 1. The summed E-state index contributed by atoms with van der Waals surface area (Å²) in [5.41, 5.74) is 9.76. The number of anilines is 1. The van der Waals surface area contributed by atoms with E-state index in [0.717, 1.165) is 40.8 Å². The van der Waals surface area contributed by atoms with Gasteiger partial charge in [0.15, 0.2) is 0 Å². The molecule has 0 amide bonds. The van der Waals surface area contributed by atoms with Gasteiger partial charge in [-0.15, -0.1) is 0 Å². The zero-order valence-corrected chi connectivity index (χ0v) is 11.7. The number of rotatable bonds is 4. The molecule has 0 radical (unpaired) electrons. The van der Waals surface area contributed by atoms with Crippen LogP contribution in [0.5, 0.6) is 0 Å². The molecule has 2 N–H and O–H groups in total. The van der Waals surface area contributed by atoms with Gasteiger partial charge in [-0.25, -0.2) is 0 Å². The van der Waals surface area contributed by atoms with Crippen LogP contribution >= 0.6 is 0 Å². The van der Waals surface area contributed by atoms with Crippen LogP contribution in [0, 0.1) is 0 Å². The largest absolute Gasteiger partial charge is 0.472 e. The van der Waals surface area contributed by atoms with Gasteiger partial charge in [0.25, 0.3) is 0 Å². The fourth-order valence-electron chi connectivity index (χ4n) is 2.23. The minimum atomic E-state index is 0.742. The Morgan fingerprint density at radius 2 is 2.20 bits per heavy atom. The SMILES string of the molecule is CN(C)CCn1cc2cc(N)c(-c3ccoc3)cc2n1. The summed E-state index contributed by atoms with van der Waals surface area (Å²) in [5.74, 6) is 0. The maximum Gasteiger partial charge on any atom is 0.0981 e. The van der Waals surface area contributed by atoms with Crippen LogP contribution in [-0.4, -0.2) is 35.3 Å². The lowest BCUT2D eigenvalue weighted by atomic mass is 10.1. The summed E-state index contributed by atoms with van der Waals surface area (Å²) in [4.78, 5) is 2.14. The van der Waals surface area contributed by atoms with Gasteiger partial charge in [0.05, 0.1) is 24.6 Å². The second-order valence-corrected chi connectivity index (χ2v) is 5.21. The summed E-state index contributed by atoms with van der Waals surface area (Å²) in [6.45, 7) is 1.82. The molecule has 2 aromatic heterocycles. The minimum Gasteiger partial charge on any atom is -0.472 e. The normalized spacial score (nSPS) is 11.6. The van der Waals surface area contributed by atoms with Crippen molar-refractivity contribution in [2.45, 2.75) is 6.54 Å². The van der Waals surface area contributed by atoms with Crippen molar-refractivity contribution in [1.82, 2.24) is 14.7 Å². The van der Waals surface area contributed by atoms with Crippen LogP contribution in [0.15, 0.2) is 41.3 Å². The molecule has 0 aliphatic heterocycles. The molecule has 5 heteroatoms. The summed E-state index contributed by atoms with van der Waals surface area (Å²) < 4.78 is 7.08. The van der Waals surface area contributed by atoms with Gasteiger partial charge >= 0.3 is 0 Å². The number of hydrogen-bond donors (Lipinski definition) is 1. The van der Waals surface area contributed by atoms with Crippen LogP contribution in [0.1, 0.15) is 0 Å². The molecule has 3 aromatic rings. The Bertz CT molecular complexity index is 713. The van der Waals surface area contributed by atoms with E-state index in [-0.39, 0.29) is 0 Å². The molecule has 0 atom stereocenters. The Kier molecular flexibility index (Phi) is 3.20. The first-order chi connectivity index (χ1) is 9.63. The van der Waals surface area contributed by atoms with Gasteiger partial charge in [0.1, 0.15) is 0 Å². The van der Waals surface area contributed by atoms with Gasteiger partial charge in [-0.05, 0) is 32.3 Å². The Morgan fingerprint density at radius 1 is 1.35 bits per heavy atom. The molecule has 5 nitrogen and oxygen atoms in total. The Labute approximate surface area is 117 Å². The Morgan fingerprint density at radius 3 is 2.90 bits per heavy atom. The lowest BCUT2D eigenvalue weighted by molar-refractivity contribution is 0.374. The topological polar surface area (TPSA) is 60.2 Å². The first kappa shape index (κ1) is 12.7. The molecule has 0 bridgehead atoms. The minimum absolute atomic E-state index is 0.742. The van der Waals surface area contributed by atoms with Crippen LogP contribution in [0.3, 0.4) is 0 Å². The molecule has 0 fully saturated rings. The Hall–Kier alpha value is -2.27. The highest BCUT2D eigenvalue weighted by atomic mass is 16.3. The third-order valence-electron chi connectivity index (χ3n) is 3.33. The molecule has 0 spiro atoms. The quantitative estimate of drug-likeness (QED) is 0.740. The third-order valence-corrected chi connectivity index (χ3v) is 3.33. The second-order valence-electron chi connectivity index (χ2n) is 5.21.